The molecular weight excluding hydrogens is 318 g/mol. The highest BCUT2D eigenvalue weighted by atomic mass is 32.2. The number of nitrogens with one attached hydrogen (secondary N) is 3. The van der Waals surface area contributed by atoms with E-state index in [0.717, 1.165) is 25.7 Å². The van der Waals surface area contributed by atoms with Crippen molar-refractivity contribution in [3.63, 3.8) is 0 Å². The number of rotatable bonds is 6. The summed E-state index contributed by atoms with van der Waals surface area (Å²) < 4.78 is 30.8. The molecule has 1 aromatic rings. The van der Waals surface area contributed by atoms with Gasteiger partial charge in [-0.3, -0.25) is 4.72 Å². The summed E-state index contributed by atoms with van der Waals surface area (Å²) in [6, 6.07) is 6.33. The summed E-state index contributed by atoms with van der Waals surface area (Å²) >= 11 is 0. The molecular formula is C15H23N3O4S. The molecule has 23 heavy (non-hydrogen) atoms. The highest BCUT2D eigenvalue weighted by molar-refractivity contribution is 7.92. The van der Waals surface area contributed by atoms with Crippen molar-refractivity contribution in [2.45, 2.75) is 31.9 Å². The van der Waals surface area contributed by atoms with Crippen LogP contribution in [0.2, 0.25) is 0 Å². The average molecular weight is 341 g/mol. The van der Waals surface area contributed by atoms with Crippen LogP contribution in [0, 0.1) is 0 Å². The Morgan fingerprint density at radius 2 is 2.13 bits per heavy atom. The molecule has 2 rings (SSSR count). The summed E-state index contributed by atoms with van der Waals surface area (Å²) in [7, 11) is -3.38. The molecule has 0 spiro atoms. The van der Waals surface area contributed by atoms with E-state index in [1.54, 1.807) is 31.2 Å². The molecule has 1 fully saturated rings. The lowest BCUT2D eigenvalue weighted by molar-refractivity contribution is 0.111. The molecule has 2 amide bonds. The molecule has 1 aromatic carbocycles. The Bertz CT molecular complexity index is 642. The van der Waals surface area contributed by atoms with Gasteiger partial charge >= 0.3 is 6.03 Å². The first-order valence-electron chi connectivity index (χ1n) is 7.58. The van der Waals surface area contributed by atoms with Crippen molar-refractivity contribution in [3.8, 4) is 0 Å². The Labute approximate surface area is 136 Å². The molecule has 0 aliphatic carbocycles. The molecule has 0 radical (unpaired) electrons. The van der Waals surface area contributed by atoms with E-state index in [0.29, 0.717) is 17.8 Å². The highest BCUT2D eigenvalue weighted by Gasteiger charge is 2.18. The van der Waals surface area contributed by atoms with Gasteiger partial charge in [-0.05, 0) is 31.4 Å². The number of amides is 2. The van der Waals surface area contributed by atoms with Crippen LogP contribution in [0.3, 0.4) is 0 Å². The molecule has 7 nitrogen and oxygen atoms in total. The molecule has 128 valence electrons. The van der Waals surface area contributed by atoms with Gasteiger partial charge in [-0.25, -0.2) is 13.2 Å². The van der Waals surface area contributed by atoms with Gasteiger partial charge in [-0.2, -0.15) is 0 Å². The first kappa shape index (κ1) is 17.6. The van der Waals surface area contributed by atoms with Crippen molar-refractivity contribution in [1.82, 2.24) is 10.6 Å². The number of hydrogen-bond donors (Lipinski definition) is 3. The standard InChI is InChI=1S/C15H23N3O4S/c1-11(17-15(19)16-10-12-6-5-9-22-12)13-7-3-4-8-14(13)18-23(2,20)21/h3-4,7-8,11-12,18H,5-6,9-10H2,1-2H3,(H2,16,17,19)/t11-,12+/m1/s1. The number of urea groups is 1. The normalized spacial score (nSPS) is 19.1. The van der Waals surface area contributed by atoms with Crippen molar-refractivity contribution in [2.24, 2.45) is 0 Å². The number of ether oxygens (including phenoxy) is 1. The third-order valence-electron chi connectivity index (χ3n) is 3.58. The van der Waals surface area contributed by atoms with Crippen molar-refractivity contribution >= 4 is 21.7 Å². The predicted octanol–water partition coefficient (Wildman–Crippen LogP) is 1.60. The summed E-state index contributed by atoms with van der Waals surface area (Å²) in [5.41, 5.74) is 1.16. The fourth-order valence-electron chi connectivity index (χ4n) is 2.50. The van der Waals surface area contributed by atoms with Crippen LogP contribution in [-0.4, -0.2) is 40.0 Å². The van der Waals surface area contributed by atoms with Gasteiger partial charge in [0.05, 0.1) is 24.1 Å². The van der Waals surface area contributed by atoms with E-state index in [1.807, 2.05) is 0 Å². The molecule has 2 atom stereocenters. The maximum atomic E-state index is 12.0. The van der Waals surface area contributed by atoms with Gasteiger partial charge in [0.25, 0.3) is 0 Å². The van der Waals surface area contributed by atoms with Gasteiger partial charge in [0.2, 0.25) is 10.0 Å². The van der Waals surface area contributed by atoms with Crippen LogP contribution < -0.4 is 15.4 Å². The fraction of sp³-hybridized carbons (Fsp3) is 0.533. The molecule has 1 saturated heterocycles. The number of anilines is 1. The quantitative estimate of drug-likeness (QED) is 0.732. The van der Waals surface area contributed by atoms with Crippen LogP contribution in [0.15, 0.2) is 24.3 Å². The van der Waals surface area contributed by atoms with Gasteiger partial charge in [-0.1, -0.05) is 18.2 Å². The SMILES string of the molecule is C[C@@H](NC(=O)NC[C@@H]1CCCO1)c1ccccc1NS(C)(=O)=O. The number of carbonyl (C=O) groups excluding carboxylic acids is 1. The molecule has 1 aliphatic rings. The minimum absolute atomic E-state index is 0.0789. The van der Waals surface area contributed by atoms with Crippen molar-refractivity contribution in [3.05, 3.63) is 29.8 Å². The van der Waals surface area contributed by atoms with Gasteiger partial charge in [-0.15, -0.1) is 0 Å². The summed E-state index contributed by atoms with van der Waals surface area (Å²) in [4.78, 5) is 12.0. The van der Waals surface area contributed by atoms with Gasteiger partial charge in [0.1, 0.15) is 0 Å². The smallest absolute Gasteiger partial charge is 0.315 e. The zero-order chi connectivity index (χ0) is 16.9. The summed E-state index contributed by atoms with van der Waals surface area (Å²) in [6.07, 6.45) is 3.15. The van der Waals surface area contributed by atoms with E-state index in [1.165, 1.54) is 0 Å². The second kappa shape index (κ2) is 7.65. The monoisotopic (exact) mass is 341 g/mol. The van der Waals surface area contributed by atoms with Gasteiger partial charge in [0, 0.05) is 13.2 Å². The van der Waals surface area contributed by atoms with E-state index in [4.69, 9.17) is 4.74 Å². The molecule has 0 aromatic heterocycles. The van der Waals surface area contributed by atoms with E-state index in [2.05, 4.69) is 15.4 Å². The molecule has 8 heteroatoms. The Morgan fingerprint density at radius 3 is 2.78 bits per heavy atom. The highest BCUT2D eigenvalue weighted by Crippen LogP contribution is 2.23. The molecule has 0 unspecified atom stereocenters. The second-order valence-electron chi connectivity index (χ2n) is 5.67. The maximum absolute atomic E-state index is 12.0. The Balaban J connectivity index is 1.94. The minimum Gasteiger partial charge on any atom is -0.376 e. The first-order valence-corrected chi connectivity index (χ1v) is 9.47. The summed E-state index contributed by atoms with van der Waals surface area (Å²) in [5, 5.41) is 5.59. The van der Waals surface area contributed by atoms with Gasteiger partial charge in [0.15, 0.2) is 0 Å². The van der Waals surface area contributed by atoms with Gasteiger partial charge < -0.3 is 15.4 Å². The lowest BCUT2D eigenvalue weighted by atomic mass is 10.1. The Hall–Kier alpha value is -1.80. The van der Waals surface area contributed by atoms with Crippen LogP contribution in [-0.2, 0) is 14.8 Å². The van der Waals surface area contributed by atoms with E-state index in [-0.39, 0.29) is 18.2 Å². The molecule has 0 saturated carbocycles. The number of carbonyl (C=O) groups is 1. The summed E-state index contributed by atoms with van der Waals surface area (Å²) in [6.45, 7) is 3.02. The third kappa shape index (κ3) is 5.72. The maximum Gasteiger partial charge on any atom is 0.315 e. The predicted molar refractivity (Wildman–Crippen MR) is 88.8 cm³/mol. The average Bonchev–Trinajstić information content (AvgIpc) is 2.97. The van der Waals surface area contributed by atoms with Crippen molar-refractivity contribution in [1.29, 1.82) is 0 Å². The fourth-order valence-corrected chi connectivity index (χ4v) is 3.09. The lowest BCUT2D eigenvalue weighted by Gasteiger charge is -2.19. The van der Waals surface area contributed by atoms with Crippen molar-refractivity contribution in [2.75, 3.05) is 24.1 Å². The molecule has 1 heterocycles. The topological polar surface area (TPSA) is 96.5 Å². The van der Waals surface area contributed by atoms with Crippen LogP contribution in [0.5, 0.6) is 0 Å². The zero-order valence-corrected chi connectivity index (χ0v) is 14.2. The van der Waals surface area contributed by atoms with Crippen LogP contribution >= 0.6 is 0 Å². The molecule has 0 bridgehead atoms. The minimum atomic E-state index is -3.38. The molecule has 3 N–H and O–H groups in total. The van der Waals surface area contributed by atoms with Crippen LogP contribution in [0.4, 0.5) is 10.5 Å². The zero-order valence-electron chi connectivity index (χ0n) is 13.3. The van der Waals surface area contributed by atoms with E-state index >= 15 is 0 Å². The summed E-state index contributed by atoms with van der Waals surface area (Å²) in [5.74, 6) is 0. The molecule has 1 aliphatic heterocycles. The number of benzene rings is 1. The second-order valence-corrected chi connectivity index (χ2v) is 7.42. The Morgan fingerprint density at radius 1 is 1.39 bits per heavy atom. The van der Waals surface area contributed by atoms with Crippen LogP contribution in [0.25, 0.3) is 0 Å². The number of hydrogen-bond acceptors (Lipinski definition) is 4. The number of sulfonamides is 1. The van der Waals surface area contributed by atoms with Crippen LogP contribution in [0.1, 0.15) is 31.4 Å². The van der Waals surface area contributed by atoms with E-state index < -0.39 is 10.0 Å². The third-order valence-corrected chi connectivity index (χ3v) is 4.18. The Kier molecular flexibility index (Phi) is 5.84. The largest absolute Gasteiger partial charge is 0.376 e. The number of para-hydroxylation sites is 1. The van der Waals surface area contributed by atoms with Crippen molar-refractivity contribution < 1.29 is 17.9 Å². The first-order chi connectivity index (χ1) is 10.8. The van der Waals surface area contributed by atoms with E-state index in [9.17, 15) is 13.2 Å². The lowest BCUT2D eigenvalue weighted by Crippen LogP contribution is -2.40.